The molecule has 3 saturated heterocycles. The van der Waals surface area contributed by atoms with Gasteiger partial charge in [0.05, 0.1) is 71.2 Å². The Morgan fingerprint density at radius 1 is 0.680 bits per heavy atom. The molecule has 10 aliphatic heterocycles. The number of H-pyrrole nitrogens is 1. The van der Waals surface area contributed by atoms with Crippen molar-refractivity contribution in [3.63, 3.8) is 0 Å². The average Bonchev–Trinajstić information content (AvgIpc) is 1.59. The maximum atomic E-state index is 13.5. The second-order valence-electron chi connectivity index (χ2n) is 38.0. The first-order valence-electron chi connectivity index (χ1n) is 50.3. The number of allylic oxidation sites excluding steroid dienone is 1. The molecule has 0 spiro atoms. The lowest BCUT2D eigenvalue weighted by Crippen LogP contribution is -2.66. The van der Waals surface area contributed by atoms with Crippen LogP contribution in [0.5, 0.6) is 28.7 Å². The second kappa shape index (κ2) is 44.9. The van der Waals surface area contributed by atoms with Crippen molar-refractivity contribution in [1.29, 1.82) is 0 Å². The number of fused-ring (bicyclic) bond motifs is 15. The van der Waals surface area contributed by atoms with Crippen LogP contribution >= 0.6 is 0 Å². The molecule has 12 aromatic rings. The monoisotopic (exact) mass is 2010 g/mol. The third-order valence-corrected chi connectivity index (χ3v) is 28.5. The molecule has 14 heterocycles. The van der Waals surface area contributed by atoms with Gasteiger partial charge in [-0.3, -0.25) is 19.9 Å². The molecule has 31 nitrogen and oxygen atoms in total. The van der Waals surface area contributed by atoms with Crippen LogP contribution in [0.2, 0.25) is 0 Å². The minimum atomic E-state index is -4.82. The van der Waals surface area contributed by atoms with E-state index < -0.39 is 17.9 Å². The Balaban J connectivity index is 0.000000113. The molecule has 0 radical (unpaired) electrons. The number of rotatable bonds is 14. The van der Waals surface area contributed by atoms with E-state index in [-0.39, 0.29) is 78.6 Å². The number of carbonyl (C=O) groups is 4. The van der Waals surface area contributed by atoms with Crippen molar-refractivity contribution < 1.29 is 89.6 Å². The lowest BCUT2D eigenvalue weighted by molar-refractivity contribution is -0.274. The van der Waals surface area contributed by atoms with Gasteiger partial charge in [0.15, 0.2) is 23.6 Å². The van der Waals surface area contributed by atoms with Gasteiger partial charge < -0.3 is 103 Å². The number of piperazine rings is 1. The van der Waals surface area contributed by atoms with E-state index in [4.69, 9.17) is 57.1 Å². The van der Waals surface area contributed by atoms with E-state index in [1.807, 2.05) is 131 Å². The highest BCUT2D eigenvalue weighted by molar-refractivity contribution is 6.04. The molecule has 2 aliphatic carbocycles. The number of nitrogens with zero attached hydrogens (tertiary/aromatic N) is 9. The number of nitrogens with one attached hydrogen (secondary N) is 6. The van der Waals surface area contributed by atoms with Crippen molar-refractivity contribution in [2.24, 2.45) is 10.9 Å². The van der Waals surface area contributed by atoms with E-state index in [0.717, 1.165) is 199 Å². The number of morpholine rings is 1. The standard InChI is InChI=1S/C22H22O4.C19H22N2O.C16H20N4.C16H20N2O3.C15H18N2O4.C13H14N2O2.C12H10F3N3O2/c1-11-6-16-14(2-3-18-22(16)26-10-25-18)21-17(23)8-13-7-12-4-5-24-19(12)9-15(13)20(11)21;1-13-5-6-16(12-20-13)9-10-21-15(3)14(2)18-11-17(22-4)7-8-19(18)21;1-12-5-3-4-6-14(12)16-18-13(2)11-15(19-16)20-9-7-17-8-10-20;1-4-18-12-9-7-6-8-11(12)17-14-13(16(19)20-5-2)10(3)21-15(14)18;18-15(14-11-20-9-10-21-14)16-12-1-3-13(4-2-12)17-5-7-19-8-6-17;1-7-5-10-9-6-8(17-2)3-4-11(9)15-12(10)13(16)14-7;13-12(14,15)11(8-4-2-1-3-5-8)17-9(19)18-7-6-16-10(18)20-11/h2-3,7,9,11,17,20-21,23H,4-6,8,10H2,1H3;5-8,11-12H,9-10H2,1-4H3;3-6,11,17H,7-10H2,1-2H3;6-9,14-15,17H,4-5H2,1-3H3;1-4,11H,5-10H2,(H,16,18);3-4,6-7,15H,5H2,1-2H3,(H,14,16);1-5H,6-7H2,(H,17,19). The number of amidine groups is 1. The number of aromatic amines is 1. The maximum absolute atomic E-state index is 13.5. The van der Waals surface area contributed by atoms with Crippen LogP contribution in [0.15, 0.2) is 217 Å². The van der Waals surface area contributed by atoms with Gasteiger partial charge >= 0.3 is 23.9 Å². The molecular formula is C113H126F3N15O16. The van der Waals surface area contributed by atoms with Crippen LogP contribution in [0.3, 0.4) is 0 Å². The molecule has 0 bridgehead atoms. The highest BCUT2D eigenvalue weighted by Crippen LogP contribution is 2.57. The van der Waals surface area contributed by atoms with Crippen LogP contribution in [-0.2, 0) is 82.4 Å². The number of aryl methyl sites for hydroxylation is 6. The first-order chi connectivity index (χ1) is 71.2. The summed E-state index contributed by atoms with van der Waals surface area (Å²) in [5.74, 6) is 7.45. The molecule has 4 amide bonds. The quantitative estimate of drug-likeness (QED) is 0.0497. The molecule has 3 fully saturated rings. The number of anilines is 5. The van der Waals surface area contributed by atoms with Crippen molar-refractivity contribution in [3.8, 4) is 40.1 Å². The molecule has 8 unspecified atom stereocenters. The predicted molar refractivity (Wildman–Crippen MR) is 556 cm³/mol. The largest absolute Gasteiger partial charge is 0.497 e. The third-order valence-electron chi connectivity index (χ3n) is 28.5. The van der Waals surface area contributed by atoms with Crippen LogP contribution in [0, 0.1) is 40.5 Å². The number of hydrogen-bond acceptors (Lipinski definition) is 25. The predicted octanol–water partition coefficient (Wildman–Crippen LogP) is 17.2. The molecule has 24 rings (SSSR count). The van der Waals surface area contributed by atoms with E-state index in [1.54, 1.807) is 20.3 Å². The number of para-hydroxylation sites is 2. The minimum absolute atomic E-state index is 0.0195. The molecule has 7 N–H and O–H groups in total. The zero-order chi connectivity index (χ0) is 103. The van der Waals surface area contributed by atoms with Crippen LogP contribution in [0.25, 0.3) is 33.2 Å². The fourth-order valence-electron chi connectivity index (χ4n) is 21.0. The minimum Gasteiger partial charge on any atom is -0.497 e. The SMILES string of the molecule is CC1Cc2c(ccc3c2OCO3)C2C(O)Cc3cc4c(cc3C12)OCC4.CCOC(=O)C1=C(C)OC2C1Nc1ccccc1N2CC.COc1ccc2[nH]c3c(c2c1)CC(C)NC3=O.COc1ccc2c(c1)c(C)c(C)n2CCc1ccc(C)nc1.Cc1cc(N2CCNCC2)nc(-c2ccccc2C)n1.O=C(Nc1ccc(N2CCOCC2)cc1)C1=COCCO1.O=C1NC(c2ccccc2)(C(F)(F)F)OC2=NCCN12. The number of halogens is 3. The van der Waals surface area contributed by atoms with E-state index in [1.165, 1.54) is 91.6 Å². The lowest BCUT2D eigenvalue weighted by Gasteiger charge is -2.45. The van der Waals surface area contributed by atoms with Crippen molar-refractivity contribution in [2.75, 3.05) is 145 Å². The number of alkyl halides is 3. The van der Waals surface area contributed by atoms with Gasteiger partial charge in [-0.1, -0.05) is 91.9 Å². The van der Waals surface area contributed by atoms with Gasteiger partial charge in [-0.2, -0.15) is 13.2 Å². The number of aliphatic imine (C=N–C) groups is 1. The Morgan fingerprint density at radius 2 is 1.44 bits per heavy atom. The van der Waals surface area contributed by atoms with Gasteiger partial charge in [0, 0.05) is 150 Å². The van der Waals surface area contributed by atoms with Crippen LogP contribution < -0.4 is 65.0 Å². The molecule has 770 valence electrons. The number of carbonyl (C=O) groups excluding carboxylic acids is 4. The molecule has 4 aromatic heterocycles. The molecule has 12 aliphatic rings. The highest BCUT2D eigenvalue weighted by Gasteiger charge is 2.64. The summed E-state index contributed by atoms with van der Waals surface area (Å²) >= 11 is 0. The van der Waals surface area contributed by atoms with Crippen molar-refractivity contribution >= 4 is 80.2 Å². The number of benzene rings is 8. The van der Waals surface area contributed by atoms with Crippen molar-refractivity contribution in [2.45, 2.75) is 156 Å². The number of hydrogen-bond donors (Lipinski definition) is 7. The summed E-state index contributed by atoms with van der Waals surface area (Å²) in [7, 11) is 3.36. The van der Waals surface area contributed by atoms with Gasteiger partial charge in [0.1, 0.15) is 65.6 Å². The Kier molecular flexibility index (Phi) is 31.2. The Labute approximate surface area is 852 Å². The van der Waals surface area contributed by atoms with Crippen molar-refractivity contribution in [1.82, 2.24) is 45.4 Å². The van der Waals surface area contributed by atoms with E-state index >= 15 is 0 Å². The first-order valence-corrected chi connectivity index (χ1v) is 50.3. The molecule has 0 saturated carbocycles. The van der Waals surface area contributed by atoms with Crippen LogP contribution in [0.4, 0.5) is 46.5 Å². The maximum Gasteiger partial charge on any atom is 0.453 e. The summed E-state index contributed by atoms with van der Waals surface area (Å²) in [6, 6.07) is 57.0. The fraction of sp³-hybridized carbons (Fsp3) is 0.381. The summed E-state index contributed by atoms with van der Waals surface area (Å²) < 4.78 is 102. The topological polar surface area (TPSA) is 335 Å². The summed E-state index contributed by atoms with van der Waals surface area (Å²) in [6.45, 7) is 32.4. The van der Waals surface area contributed by atoms with Gasteiger partial charge in [0.25, 0.3) is 17.8 Å². The molecule has 8 atom stereocenters. The van der Waals surface area contributed by atoms with Gasteiger partial charge in [-0.15, -0.1) is 0 Å². The third kappa shape index (κ3) is 22.0. The fourth-order valence-corrected chi connectivity index (χ4v) is 21.0. The number of esters is 1. The zero-order valence-electron chi connectivity index (χ0n) is 84.8. The number of ether oxygens (including phenoxy) is 11. The normalized spacial score (nSPS) is 20.7. The molecular weight excluding hydrogens is 1880 g/mol. The number of urea groups is 1. The second-order valence-corrected chi connectivity index (χ2v) is 38.0. The van der Waals surface area contributed by atoms with E-state index in [9.17, 15) is 37.5 Å². The number of amides is 4. The van der Waals surface area contributed by atoms with E-state index in [0.29, 0.717) is 61.9 Å². The summed E-state index contributed by atoms with van der Waals surface area (Å²) in [5.41, 5.74) is 20.3. The smallest absolute Gasteiger partial charge is 0.453 e. The summed E-state index contributed by atoms with van der Waals surface area (Å²) in [4.78, 5) is 76.4. The van der Waals surface area contributed by atoms with Gasteiger partial charge in [0.2, 0.25) is 12.6 Å². The number of likely N-dealkylation sites (N-methyl/N-ethyl adjacent to an activating group) is 1. The summed E-state index contributed by atoms with van der Waals surface area (Å²) in [5, 5.41) is 27.9. The highest BCUT2D eigenvalue weighted by atomic mass is 19.4. The Morgan fingerprint density at radius 3 is 2.17 bits per heavy atom. The van der Waals surface area contributed by atoms with Gasteiger partial charge in [-0.05, 0) is 235 Å². The Bertz CT molecular complexity index is 6900. The van der Waals surface area contributed by atoms with Gasteiger partial charge in [-0.25, -0.2) is 29.4 Å². The average molecular weight is 2010 g/mol. The number of methoxy groups -OCH3 is 2. The number of aliphatic hydroxyl groups excluding tert-OH is 1. The van der Waals surface area contributed by atoms with E-state index in [2.05, 4.69) is 162 Å². The Hall–Kier alpha value is -15.0. The van der Waals surface area contributed by atoms with Crippen LogP contribution in [0.1, 0.15) is 130 Å². The van der Waals surface area contributed by atoms with Crippen LogP contribution in [-0.4, -0.2) is 214 Å². The number of aromatic nitrogens is 5. The molecule has 8 aromatic carbocycles. The zero-order valence-corrected chi connectivity index (χ0v) is 84.8. The molecule has 34 heteroatoms. The first kappa shape index (κ1) is 102. The van der Waals surface area contributed by atoms with Crippen molar-refractivity contribution in [3.05, 3.63) is 290 Å². The number of pyridine rings is 1. The molecule has 147 heavy (non-hydrogen) atoms. The summed E-state index contributed by atoms with van der Waals surface area (Å²) in [6.07, 6.45) is 2.43. The number of aliphatic hydroxyl groups is 1. The lowest BCUT2D eigenvalue weighted by atomic mass is 9.60.